The first-order valence-corrected chi connectivity index (χ1v) is 8.88. The maximum absolute atomic E-state index is 12.3. The largest absolute Gasteiger partial charge is 0.300 e. The number of piperazine rings is 1. The van der Waals surface area contributed by atoms with Crippen molar-refractivity contribution in [3.05, 3.63) is 75.8 Å². The van der Waals surface area contributed by atoms with Crippen LogP contribution < -0.4 is 0 Å². The second-order valence-electron chi connectivity index (χ2n) is 6.58. The van der Waals surface area contributed by atoms with Crippen LogP contribution in [0.15, 0.2) is 54.6 Å². The molecule has 1 aliphatic rings. The lowest BCUT2D eigenvalue weighted by Crippen LogP contribution is -2.46. The Hall–Kier alpha value is -2.57. The molecule has 1 aliphatic heterocycles. The van der Waals surface area contributed by atoms with E-state index in [9.17, 15) is 14.9 Å². The lowest BCUT2D eigenvalue weighted by Gasteiger charge is -2.34. The van der Waals surface area contributed by atoms with Gasteiger partial charge in [0.1, 0.15) is 0 Å². The third-order valence-electron chi connectivity index (χ3n) is 4.75. The summed E-state index contributed by atoms with van der Waals surface area (Å²) < 4.78 is 0. The summed E-state index contributed by atoms with van der Waals surface area (Å²) in [6.45, 7) is 5.51. The van der Waals surface area contributed by atoms with Crippen LogP contribution >= 0.6 is 0 Å². The maximum Gasteiger partial charge on any atom is 0.270 e. The zero-order valence-corrected chi connectivity index (χ0v) is 14.7. The zero-order valence-electron chi connectivity index (χ0n) is 14.7. The van der Waals surface area contributed by atoms with Crippen LogP contribution in [0.4, 0.5) is 5.69 Å². The number of carbonyl (C=O) groups excluding carboxylic acids is 1. The summed E-state index contributed by atoms with van der Waals surface area (Å²) >= 11 is 0. The van der Waals surface area contributed by atoms with Gasteiger partial charge in [-0.25, -0.2) is 0 Å². The van der Waals surface area contributed by atoms with Crippen LogP contribution in [0, 0.1) is 10.1 Å². The minimum absolute atomic E-state index is 0.0367. The molecule has 0 aliphatic carbocycles. The summed E-state index contributed by atoms with van der Waals surface area (Å²) in [5.41, 5.74) is 1.70. The minimum atomic E-state index is -0.470. The molecule has 1 fully saturated rings. The summed E-state index contributed by atoms with van der Waals surface area (Å²) in [6.07, 6.45) is 0.389. The maximum atomic E-state index is 12.3. The highest BCUT2D eigenvalue weighted by molar-refractivity contribution is 5.96. The molecule has 26 heavy (non-hydrogen) atoms. The van der Waals surface area contributed by atoms with Gasteiger partial charge in [-0.3, -0.25) is 19.8 Å². The molecule has 0 radical (unpaired) electrons. The molecule has 1 heterocycles. The Labute approximate surface area is 153 Å². The summed E-state index contributed by atoms with van der Waals surface area (Å²) in [5, 5.41) is 10.8. The Morgan fingerprint density at radius 1 is 0.962 bits per heavy atom. The minimum Gasteiger partial charge on any atom is -0.300 e. The second-order valence-corrected chi connectivity index (χ2v) is 6.58. The average molecular weight is 353 g/mol. The summed E-state index contributed by atoms with van der Waals surface area (Å²) in [4.78, 5) is 27.4. The molecular formula is C20H23N3O3. The molecule has 2 aromatic carbocycles. The number of carbonyl (C=O) groups is 1. The van der Waals surface area contributed by atoms with E-state index in [0.29, 0.717) is 18.5 Å². The number of nitro groups is 1. The van der Waals surface area contributed by atoms with Crippen molar-refractivity contribution in [3.63, 3.8) is 0 Å². The number of Topliss-reactive ketones (excluding diaryl/α,β-unsaturated/α-hetero) is 1. The van der Waals surface area contributed by atoms with Crippen molar-refractivity contribution in [1.29, 1.82) is 0 Å². The Morgan fingerprint density at radius 2 is 1.65 bits per heavy atom. The van der Waals surface area contributed by atoms with Gasteiger partial charge in [-0.15, -0.1) is 0 Å². The van der Waals surface area contributed by atoms with Crippen LogP contribution in [0.2, 0.25) is 0 Å². The van der Waals surface area contributed by atoms with Gasteiger partial charge >= 0.3 is 0 Å². The molecule has 0 aromatic heterocycles. The van der Waals surface area contributed by atoms with Crippen LogP contribution in [0.5, 0.6) is 0 Å². The van der Waals surface area contributed by atoms with Crippen LogP contribution in [-0.4, -0.2) is 53.2 Å². The molecule has 1 saturated heterocycles. The van der Waals surface area contributed by atoms with Gasteiger partial charge in [0.25, 0.3) is 5.69 Å². The normalized spacial score (nSPS) is 15.7. The van der Waals surface area contributed by atoms with Gasteiger partial charge in [0.05, 0.1) is 4.92 Å². The summed E-state index contributed by atoms with van der Waals surface area (Å²) in [5.74, 6) is -0.0413. The van der Waals surface area contributed by atoms with Gasteiger partial charge in [-0.1, -0.05) is 42.5 Å². The third kappa shape index (κ3) is 4.97. The van der Waals surface area contributed by atoms with Crippen LogP contribution in [0.3, 0.4) is 0 Å². The van der Waals surface area contributed by atoms with E-state index in [2.05, 4.69) is 34.1 Å². The monoisotopic (exact) mass is 353 g/mol. The van der Waals surface area contributed by atoms with E-state index < -0.39 is 4.92 Å². The van der Waals surface area contributed by atoms with E-state index >= 15 is 0 Å². The average Bonchev–Trinajstić information content (AvgIpc) is 2.68. The quantitative estimate of drug-likeness (QED) is 0.435. The SMILES string of the molecule is O=C(CCN1CCN(Cc2ccccc2)CC1)c1cccc([N+](=O)[O-])c1. The highest BCUT2D eigenvalue weighted by Crippen LogP contribution is 2.15. The zero-order chi connectivity index (χ0) is 18.4. The molecule has 3 rings (SSSR count). The number of non-ortho nitro benzene ring substituents is 1. The molecule has 0 atom stereocenters. The molecule has 0 unspecified atom stereocenters. The van der Waals surface area contributed by atoms with Gasteiger partial charge in [0.2, 0.25) is 0 Å². The molecule has 6 heteroatoms. The fourth-order valence-electron chi connectivity index (χ4n) is 3.21. The molecule has 0 amide bonds. The molecule has 0 spiro atoms. The summed E-state index contributed by atoms with van der Waals surface area (Å²) in [6, 6.07) is 16.4. The van der Waals surface area contributed by atoms with Crippen molar-refractivity contribution in [1.82, 2.24) is 9.80 Å². The van der Waals surface area contributed by atoms with Crippen molar-refractivity contribution in [2.24, 2.45) is 0 Å². The predicted molar refractivity (Wildman–Crippen MR) is 100 cm³/mol. The van der Waals surface area contributed by atoms with Gasteiger partial charge in [-0.2, -0.15) is 0 Å². The topological polar surface area (TPSA) is 66.7 Å². The third-order valence-corrected chi connectivity index (χ3v) is 4.75. The Kier molecular flexibility index (Phi) is 6.09. The van der Waals surface area contributed by atoms with Crippen LogP contribution in [-0.2, 0) is 6.54 Å². The van der Waals surface area contributed by atoms with E-state index in [1.54, 1.807) is 12.1 Å². The molecule has 6 nitrogen and oxygen atoms in total. The standard InChI is InChI=1S/C20H23N3O3/c24-20(18-7-4-8-19(15-18)23(25)26)9-10-21-11-13-22(14-12-21)16-17-5-2-1-3-6-17/h1-8,15H,9-14,16H2. The highest BCUT2D eigenvalue weighted by Gasteiger charge is 2.18. The number of rotatable bonds is 7. The summed E-state index contributed by atoms with van der Waals surface area (Å²) in [7, 11) is 0. The van der Waals surface area contributed by atoms with Crippen LogP contribution in [0.25, 0.3) is 0 Å². The molecule has 0 saturated carbocycles. The van der Waals surface area contributed by atoms with E-state index in [4.69, 9.17) is 0 Å². The first-order chi connectivity index (χ1) is 12.6. The Morgan fingerprint density at radius 3 is 2.35 bits per heavy atom. The van der Waals surface area contributed by atoms with Crippen molar-refractivity contribution in [2.45, 2.75) is 13.0 Å². The van der Waals surface area contributed by atoms with E-state index in [0.717, 1.165) is 32.7 Å². The molecule has 0 bridgehead atoms. The van der Waals surface area contributed by atoms with Gasteiger partial charge in [0, 0.05) is 63.4 Å². The fraction of sp³-hybridized carbons (Fsp3) is 0.350. The Balaban J connectivity index is 1.44. The van der Waals surface area contributed by atoms with Crippen molar-refractivity contribution in [2.75, 3.05) is 32.7 Å². The number of nitrogens with zero attached hydrogens (tertiary/aromatic N) is 3. The van der Waals surface area contributed by atoms with Gasteiger partial charge < -0.3 is 4.90 Å². The van der Waals surface area contributed by atoms with E-state index in [1.807, 2.05) is 6.07 Å². The number of nitro benzene ring substituents is 1. The lowest BCUT2D eigenvalue weighted by atomic mass is 10.1. The second kappa shape index (κ2) is 8.69. The predicted octanol–water partition coefficient (Wildman–Crippen LogP) is 2.99. The van der Waals surface area contributed by atoms with Crippen molar-refractivity contribution < 1.29 is 9.72 Å². The molecular weight excluding hydrogens is 330 g/mol. The highest BCUT2D eigenvalue weighted by atomic mass is 16.6. The molecule has 0 N–H and O–H groups in total. The first-order valence-electron chi connectivity index (χ1n) is 8.88. The number of benzene rings is 2. The smallest absolute Gasteiger partial charge is 0.270 e. The van der Waals surface area contributed by atoms with Gasteiger partial charge in [-0.05, 0) is 5.56 Å². The van der Waals surface area contributed by atoms with Crippen molar-refractivity contribution >= 4 is 11.5 Å². The Bertz CT molecular complexity index is 756. The molecule has 2 aromatic rings. The van der Waals surface area contributed by atoms with E-state index in [1.165, 1.54) is 17.7 Å². The fourth-order valence-corrected chi connectivity index (χ4v) is 3.21. The van der Waals surface area contributed by atoms with Gasteiger partial charge in [0.15, 0.2) is 5.78 Å². The number of hydrogen-bond acceptors (Lipinski definition) is 5. The lowest BCUT2D eigenvalue weighted by molar-refractivity contribution is -0.384. The molecule has 136 valence electrons. The van der Waals surface area contributed by atoms with Crippen molar-refractivity contribution in [3.8, 4) is 0 Å². The number of hydrogen-bond donors (Lipinski definition) is 0. The first kappa shape index (κ1) is 18.2. The van der Waals surface area contributed by atoms with Crippen LogP contribution in [0.1, 0.15) is 22.3 Å². The van der Waals surface area contributed by atoms with E-state index in [-0.39, 0.29) is 11.5 Å². The number of ketones is 1.